The fourth-order valence-electron chi connectivity index (χ4n) is 2.05. The number of rotatable bonds is 6. The standard InChI is InChI=1S/C18H17Br2NO4/c1-3-16(22)21-13-5-4-6-14(9-13)25-17(23)10-24-18-11(2)7-12(19)8-15(18)20/h4-9H,3,10H2,1-2H3,(H,21,22). The summed E-state index contributed by atoms with van der Waals surface area (Å²) >= 11 is 6.80. The smallest absolute Gasteiger partial charge is 0.349 e. The van der Waals surface area contributed by atoms with Gasteiger partial charge >= 0.3 is 5.97 Å². The number of esters is 1. The molecule has 0 aromatic heterocycles. The highest BCUT2D eigenvalue weighted by molar-refractivity contribution is 9.11. The van der Waals surface area contributed by atoms with Gasteiger partial charge in [-0.2, -0.15) is 0 Å². The minimum absolute atomic E-state index is 0.109. The minimum Gasteiger partial charge on any atom is -0.480 e. The molecule has 0 fully saturated rings. The second-order valence-electron chi connectivity index (χ2n) is 5.23. The lowest BCUT2D eigenvalue weighted by Gasteiger charge is -2.12. The molecule has 0 aliphatic carbocycles. The summed E-state index contributed by atoms with van der Waals surface area (Å²) in [6.45, 7) is 3.42. The van der Waals surface area contributed by atoms with E-state index >= 15 is 0 Å². The summed E-state index contributed by atoms with van der Waals surface area (Å²) in [6, 6.07) is 10.4. The average Bonchev–Trinajstić information content (AvgIpc) is 2.54. The van der Waals surface area contributed by atoms with E-state index in [1.807, 2.05) is 19.1 Å². The third kappa shape index (κ3) is 5.86. The molecule has 5 nitrogen and oxygen atoms in total. The Balaban J connectivity index is 1.97. The van der Waals surface area contributed by atoms with Crippen molar-refractivity contribution in [3.8, 4) is 11.5 Å². The van der Waals surface area contributed by atoms with Crippen LogP contribution in [0.25, 0.3) is 0 Å². The van der Waals surface area contributed by atoms with Crippen LogP contribution in [0.3, 0.4) is 0 Å². The first kappa shape index (κ1) is 19.5. The fraction of sp³-hybridized carbons (Fsp3) is 0.222. The number of benzene rings is 2. The number of hydrogen-bond acceptors (Lipinski definition) is 4. The normalized spacial score (nSPS) is 10.2. The van der Waals surface area contributed by atoms with Crippen molar-refractivity contribution in [1.82, 2.24) is 0 Å². The maximum atomic E-state index is 12.0. The van der Waals surface area contributed by atoms with E-state index in [4.69, 9.17) is 9.47 Å². The van der Waals surface area contributed by atoms with Crippen molar-refractivity contribution in [2.75, 3.05) is 11.9 Å². The SMILES string of the molecule is CCC(=O)Nc1cccc(OC(=O)COc2c(C)cc(Br)cc2Br)c1. The van der Waals surface area contributed by atoms with E-state index in [9.17, 15) is 9.59 Å². The zero-order chi connectivity index (χ0) is 18.4. The molecule has 0 saturated heterocycles. The highest BCUT2D eigenvalue weighted by atomic mass is 79.9. The third-order valence-electron chi connectivity index (χ3n) is 3.20. The summed E-state index contributed by atoms with van der Waals surface area (Å²) in [5.41, 5.74) is 1.46. The van der Waals surface area contributed by atoms with Gasteiger partial charge < -0.3 is 14.8 Å². The van der Waals surface area contributed by atoms with Crippen molar-refractivity contribution in [3.63, 3.8) is 0 Å². The first-order chi connectivity index (χ1) is 11.9. The van der Waals surface area contributed by atoms with Crippen molar-refractivity contribution in [1.29, 1.82) is 0 Å². The lowest BCUT2D eigenvalue weighted by Crippen LogP contribution is -2.18. The molecule has 25 heavy (non-hydrogen) atoms. The Kier molecular flexibility index (Phi) is 7.01. The average molecular weight is 471 g/mol. The molecule has 0 atom stereocenters. The number of amides is 1. The Bertz CT molecular complexity index is 769. The molecular weight excluding hydrogens is 454 g/mol. The number of carbonyl (C=O) groups excluding carboxylic acids is 2. The second kappa shape index (κ2) is 9.01. The molecule has 2 rings (SSSR count). The van der Waals surface area contributed by atoms with E-state index in [1.54, 1.807) is 31.2 Å². The maximum Gasteiger partial charge on any atom is 0.349 e. The Hall–Kier alpha value is -1.86. The van der Waals surface area contributed by atoms with Crippen molar-refractivity contribution >= 4 is 49.4 Å². The van der Waals surface area contributed by atoms with Crippen LogP contribution in [-0.4, -0.2) is 18.5 Å². The van der Waals surface area contributed by atoms with Gasteiger partial charge in [-0.15, -0.1) is 0 Å². The van der Waals surface area contributed by atoms with Crippen LogP contribution >= 0.6 is 31.9 Å². The molecule has 0 unspecified atom stereocenters. The highest BCUT2D eigenvalue weighted by Crippen LogP contribution is 2.32. The summed E-state index contributed by atoms with van der Waals surface area (Å²) < 4.78 is 12.5. The van der Waals surface area contributed by atoms with Crippen LogP contribution in [0.2, 0.25) is 0 Å². The second-order valence-corrected chi connectivity index (χ2v) is 7.00. The van der Waals surface area contributed by atoms with Gasteiger partial charge in [0.25, 0.3) is 0 Å². The van der Waals surface area contributed by atoms with Crippen LogP contribution in [0.1, 0.15) is 18.9 Å². The topological polar surface area (TPSA) is 64.6 Å². The lowest BCUT2D eigenvalue weighted by molar-refractivity contribution is -0.136. The molecular formula is C18H17Br2NO4. The van der Waals surface area contributed by atoms with Crippen molar-refractivity contribution in [2.45, 2.75) is 20.3 Å². The molecule has 0 bridgehead atoms. The van der Waals surface area contributed by atoms with Gasteiger partial charge in [-0.1, -0.05) is 28.9 Å². The molecule has 1 amide bonds. The predicted octanol–water partition coefficient (Wildman–Crippen LogP) is 4.85. The molecule has 0 aliphatic rings. The Morgan fingerprint density at radius 3 is 2.60 bits per heavy atom. The molecule has 0 radical (unpaired) electrons. The van der Waals surface area contributed by atoms with Gasteiger partial charge in [0.2, 0.25) is 5.91 Å². The minimum atomic E-state index is -0.534. The quantitative estimate of drug-likeness (QED) is 0.484. The van der Waals surface area contributed by atoms with Gasteiger partial charge in [-0.3, -0.25) is 4.79 Å². The number of nitrogens with one attached hydrogen (secondary N) is 1. The molecule has 2 aromatic carbocycles. The molecule has 0 heterocycles. The summed E-state index contributed by atoms with van der Waals surface area (Å²) in [5, 5.41) is 2.71. The zero-order valence-corrected chi connectivity index (χ0v) is 16.9. The molecule has 0 aliphatic heterocycles. The van der Waals surface area contributed by atoms with Gasteiger partial charge in [-0.05, 0) is 52.7 Å². The number of aryl methyl sites for hydroxylation is 1. The van der Waals surface area contributed by atoms with Gasteiger partial charge in [0.05, 0.1) is 4.47 Å². The molecule has 7 heteroatoms. The molecule has 0 saturated carbocycles. The van der Waals surface area contributed by atoms with Crippen LogP contribution in [-0.2, 0) is 9.59 Å². The largest absolute Gasteiger partial charge is 0.480 e. The number of hydrogen-bond donors (Lipinski definition) is 1. The van der Waals surface area contributed by atoms with Gasteiger partial charge in [0.15, 0.2) is 6.61 Å². The van der Waals surface area contributed by atoms with E-state index in [2.05, 4.69) is 37.2 Å². The Labute approximate surface area is 163 Å². The van der Waals surface area contributed by atoms with Crippen LogP contribution in [0, 0.1) is 6.92 Å². The number of halogens is 2. The highest BCUT2D eigenvalue weighted by Gasteiger charge is 2.11. The number of anilines is 1. The third-order valence-corrected chi connectivity index (χ3v) is 4.25. The maximum absolute atomic E-state index is 12.0. The molecule has 2 aromatic rings. The van der Waals surface area contributed by atoms with E-state index in [1.165, 1.54) is 0 Å². The molecule has 1 N–H and O–H groups in total. The number of carbonyl (C=O) groups is 2. The fourth-order valence-corrected chi connectivity index (χ4v) is 3.60. The summed E-state index contributed by atoms with van der Waals surface area (Å²) in [6.07, 6.45) is 0.374. The van der Waals surface area contributed by atoms with E-state index < -0.39 is 5.97 Å². The van der Waals surface area contributed by atoms with Gasteiger partial charge in [-0.25, -0.2) is 4.79 Å². The first-order valence-electron chi connectivity index (χ1n) is 7.58. The van der Waals surface area contributed by atoms with Crippen LogP contribution in [0.15, 0.2) is 45.3 Å². The van der Waals surface area contributed by atoms with Gasteiger partial charge in [0, 0.05) is 22.6 Å². The summed E-state index contributed by atoms with van der Waals surface area (Å²) in [4.78, 5) is 23.4. The van der Waals surface area contributed by atoms with Crippen LogP contribution < -0.4 is 14.8 Å². The number of ether oxygens (including phenoxy) is 2. The van der Waals surface area contributed by atoms with Crippen molar-refractivity contribution in [2.24, 2.45) is 0 Å². The van der Waals surface area contributed by atoms with E-state index in [-0.39, 0.29) is 12.5 Å². The molecule has 132 valence electrons. The predicted molar refractivity (Wildman–Crippen MR) is 103 cm³/mol. The van der Waals surface area contributed by atoms with Crippen LogP contribution in [0.5, 0.6) is 11.5 Å². The summed E-state index contributed by atoms with van der Waals surface area (Å²) in [5.74, 6) is 0.286. The Morgan fingerprint density at radius 1 is 1.16 bits per heavy atom. The first-order valence-corrected chi connectivity index (χ1v) is 9.16. The van der Waals surface area contributed by atoms with E-state index in [0.717, 1.165) is 14.5 Å². The Morgan fingerprint density at radius 2 is 1.92 bits per heavy atom. The molecule has 0 spiro atoms. The monoisotopic (exact) mass is 469 g/mol. The lowest BCUT2D eigenvalue weighted by atomic mass is 10.2. The van der Waals surface area contributed by atoms with E-state index in [0.29, 0.717) is 23.6 Å². The zero-order valence-electron chi connectivity index (χ0n) is 13.8. The van der Waals surface area contributed by atoms with Crippen LogP contribution in [0.4, 0.5) is 5.69 Å². The van der Waals surface area contributed by atoms with Crippen molar-refractivity contribution in [3.05, 3.63) is 50.9 Å². The van der Waals surface area contributed by atoms with Gasteiger partial charge in [0.1, 0.15) is 11.5 Å². The van der Waals surface area contributed by atoms with Crippen molar-refractivity contribution < 1.29 is 19.1 Å². The summed E-state index contributed by atoms with van der Waals surface area (Å²) in [7, 11) is 0.